The van der Waals surface area contributed by atoms with Crippen LogP contribution in [0.5, 0.6) is 0 Å². The number of carbonyl (C=O) groups is 1. The summed E-state index contributed by atoms with van der Waals surface area (Å²) in [4.78, 5) is 13.9. The molecule has 1 atom stereocenters. The van der Waals surface area contributed by atoms with Gasteiger partial charge in [0.05, 0.1) is 6.04 Å². The Morgan fingerprint density at radius 2 is 2.70 bits per heavy atom. The second kappa shape index (κ2) is 3.14. The molecule has 1 aliphatic rings. The third-order valence-electron chi connectivity index (χ3n) is 1.37. The van der Waals surface area contributed by atoms with Crippen molar-refractivity contribution in [3.63, 3.8) is 0 Å². The van der Waals surface area contributed by atoms with Gasteiger partial charge in [-0.15, -0.1) is 0 Å². The van der Waals surface area contributed by atoms with Gasteiger partial charge >= 0.3 is 0 Å². The quantitative estimate of drug-likeness (QED) is 0.428. The van der Waals surface area contributed by atoms with Crippen molar-refractivity contribution in [2.24, 2.45) is 0 Å². The Labute approximate surface area is 59.5 Å². The van der Waals surface area contributed by atoms with E-state index in [-0.39, 0.29) is 18.4 Å². The van der Waals surface area contributed by atoms with Crippen LogP contribution in [0.4, 0.5) is 0 Å². The maximum Gasteiger partial charge on any atom is 0.274 e. The fourth-order valence-electron chi connectivity index (χ4n) is 0.865. The van der Waals surface area contributed by atoms with Crippen LogP contribution in [0.15, 0.2) is 12.2 Å². The Morgan fingerprint density at radius 1 is 1.90 bits per heavy atom. The molecule has 0 fully saturated rings. The standard InChI is InChI=1S/C7H8N2O/c1-8-5-7(10)6-3-2-4-9-6/h2-3,6,9H,4-5H2. The van der Waals surface area contributed by atoms with Crippen LogP contribution in [0.2, 0.25) is 0 Å². The molecule has 0 aromatic rings. The smallest absolute Gasteiger partial charge is 0.274 e. The number of carbonyl (C=O) groups excluding carboxylic acids is 1. The van der Waals surface area contributed by atoms with Gasteiger partial charge in [-0.3, -0.25) is 4.79 Å². The Morgan fingerprint density at radius 3 is 3.20 bits per heavy atom. The lowest BCUT2D eigenvalue weighted by molar-refractivity contribution is -0.117. The van der Waals surface area contributed by atoms with Crippen molar-refractivity contribution < 1.29 is 4.79 Å². The van der Waals surface area contributed by atoms with E-state index in [1.807, 2.05) is 6.08 Å². The van der Waals surface area contributed by atoms with Crippen LogP contribution in [0.25, 0.3) is 4.85 Å². The molecule has 0 radical (unpaired) electrons. The van der Waals surface area contributed by atoms with Gasteiger partial charge in [0.25, 0.3) is 6.54 Å². The molecule has 0 aromatic heterocycles. The first kappa shape index (κ1) is 6.97. The monoisotopic (exact) mass is 136 g/mol. The van der Waals surface area contributed by atoms with E-state index in [2.05, 4.69) is 10.2 Å². The van der Waals surface area contributed by atoms with E-state index >= 15 is 0 Å². The van der Waals surface area contributed by atoms with Crippen molar-refractivity contribution in [2.75, 3.05) is 13.1 Å². The van der Waals surface area contributed by atoms with E-state index in [9.17, 15) is 4.79 Å². The van der Waals surface area contributed by atoms with Crippen molar-refractivity contribution in [3.05, 3.63) is 23.6 Å². The van der Waals surface area contributed by atoms with Gasteiger partial charge in [0.2, 0.25) is 5.78 Å². The molecule has 0 saturated heterocycles. The summed E-state index contributed by atoms with van der Waals surface area (Å²) in [6.45, 7) is 7.18. The summed E-state index contributed by atoms with van der Waals surface area (Å²) in [7, 11) is 0. The van der Waals surface area contributed by atoms with Crippen molar-refractivity contribution in [3.8, 4) is 0 Å². The van der Waals surface area contributed by atoms with Crippen molar-refractivity contribution in [2.45, 2.75) is 6.04 Å². The lowest BCUT2D eigenvalue weighted by atomic mass is 10.2. The fourth-order valence-corrected chi connectivity index (χ4v) is 0.865. The van der Waals surface area contributed by atoms with Crippen LogP contribution >= 0.6 is 0 Å². The van der Waals surface area contributed by atoms with E-state index in [4.69, 9.17) is 6.57 Å². The molecule has 0 saturated carbocycles. The van der Waals surface area contributed by atoms with Crippen LogP contribution in [0.1, 0.15) is 0 Å². The normalized spacial score (nSPS) is 22.5. The molecule has 1 heterocycles. The zero-order valence-corrected chi connectivity index (χ0v) is 5.50. The third kappa shape index (κ3) is 1.42. The molecule has 0 bridgehead atoms. The van der Waals surface area contributed by atoms with E-state index < -0.39 is 0 Å². The number of Topliss-reactive ketones (excluding diaryl/α,β-unsaturated/α-hetero) is 1. The largest absolute Gasteiger partial charge is 0.308 e. The molecule has 0 amide bonds. The number of hydrogen-bond donors (Lipinski definition) is 1. The highest BCUT2D eigenvalue weighted by molar-refractivity contribution is 5.89. The summed E-state index contributed by atoms with van der Waals surface area (Å²) in [5.41, 5.74) is 0. The summed E-state index contributed by atoms with van der Waals surface area (Å²) >= 11 is 0. The second-order valence-electron chi connectivity index (χ2n) is 2.10. The van der Waals surface area contributed by atoms with Crippen LogP contribution in [-0.4, -0.2) is 24.9 Å². The Kier molecular flexibility index (Phi) is 2.19. The summed E-state index contributed by atoms with van der Waals surface area (Å²) in [5.74, 6) is -0.0382. The summed E-state index contributed by atoms with van der Waals surface area (Å²) < 4.78 is 0. The minimum Gasteiger partial charge on any atom is -0.308 e. The minimum absolute atomic E-state index is 0.0119. The predicted octanol–water partition coefficient (Wildman–Crippen LogP) is 0.00279. The topological polar surface area (TPSA) is 33.5 Å². The maximum atomic E-state index is 10.9. The maximum absolute atomic E-state index is 10.9. The number of rotatable bonds is 2. The number of nitrogens with one attached hydrogen (secondary N) is 1. The molecule has 1 unspecified atom stereocenters. The van der Waals surface area contributed by atoms with Gasteiger partial charge in [0.1, 0.15) is 0 Å². The van der Waals surface area contributed by atoms with Crippen LogP contribution in [-0.2, 0) is 4.79 Å². The molecule has 1 N–H and O–H groups in total. The Bertz CT molecular complexity index is 202. The minimum atomic E-state index is -0.200. The third-order valence-corrected chi connectivity index (χ3v) is 1.37. The van der Waals surface area contributed by atoms with Crippen molar-refractivity contribution in [1.82, 2.24) is 5.32 Å². The molecule has 3 nitrogen and oxygen atoms in total. The molecule has 10 heavy (non-hydrogen) atoms. The Balaban J connectivity index is 2.42. The second-order valence-corrected chi connectivity index (χ2v) is 2.10. The van der Waals surface area contributed by atoms with Crippen molar-refractivity contribution in [1.29, 1.82) is 0 Å². The van der Waals surface area contributed by atoms with E-state index in [1.54, 1.807) is 6.08 Å². The lowest BCUT2D eigenvalue weighted by Crippen LogP contribution is -2.32. The molecular weight excluding hydrogens is 128 g/mol. The molecule has 52 valence electrons. The fraction of sp³-hybridized carbons (Fsp3) is 0.429. The van der Waals surface area contributed by atoms with Gasteiger partial charge in [0, 0.05) is 6.54 Å². The summed E-state index contributed by atoms with van der Waals surface area (Å²) in [6.07, 6.45) is 3.69. The molecule has 0 aromatic carbocycles. The lowest BCUT2D eigenvalue weighted by Gasteiger charge is -2.00. The van der Waals surface area contributed by atoms with E-state index in [0.717, 1.165) is 6.54 Å². The summed E-state index contributed by atoms with van der Waals surface area (Å²) in [6, 6.07) is -0.200. The molecule has 0 aliphatic carbocycles. The SMILES string of the molecule is [C-]#[N+]CC(=O)C1C=CCN1. The van der Waals surface area contributed by atoms with Gasteiger partial charge in [-0.25, -0.2) is 6.57 Å². The van der Waals surface area contributed by atoms with Crippen molar-refractivity contribution >= 4 is 5.78 Å². The van der Waals surface area contributed by atoms with Gasteiger partial charge in [-0.05, 0) is 0 Å². The number of ketones is 1. The molecule has 1 rings (SSSR count). The highest BCUT2D eigenvalue weighted by atomic mass is 16.1. The van der Waals surface area contributed by atoms with Gasteiger partial charge in [-0.1, -0.05) is 12.2 Å². The highest BCUT2D eigenvalue weighted by Gasteiger charge is 2.18. The summed E-state index contributed by atoms with van der Waals surface area (Å²) in [5, 5.41) is 2.94. The molecular formula is C7H8N2O. The first-order chi connectivity index (χ1) is 4.84. The van der Waals surface area contributed by atoms with Crippen LogP contribution in [0.3, 0.4) is 0 Å². The molecule has 3 heteroatoms. The first-order valence-corrected chi connectivity index (χ1v) is 3.10. The zero-order chi connectivity index (χ0) is 7.40. The highest BCUT2D eigenvalue weighted by Crippen LogP contribution is 1.96. The zero-order valence-electron chi connectivity index (χ0n) is 5.50. The first-order valence-electron chi connectivity index (χ1n) is 3.10. The van der Waals surface area contributed by atoms with Gasteiger partial charge in [0.15, 0.2) is 0 Å². The number of nitrogens with zero attached hydrogens (tertiary/aromatic N) is 1. The number of hydrogen-bond acceptors (Lipinski definition) is 2. The molecule has 0 spiro atoms. The Hall–Kier alpha value is -1.14. The van der Waals surface area contributed by atoms with E-state index in [1.165, 1.54) is 0 Å². The molecule has 1 aliphatic heterocycles. The van der Waals surface area contributed by atoms with Gasteiger partial charge < -0.3 is 10.2 Å². The van der Waals surface area contributed by atoms with Gasteiger partial charge in [-0.2, -0.15) is 0 Å². The predicted molar refractivity (Wildman–Crippen MR) is 37.4 cm³/mol. The van der Waals surface area contributed by atoms with E-state index in [0.29, 0.717) is 0 Å². The van der Waals surface area contributed by atoms with Crippen LogP contribution < -0.4 is 5.32 Å². The van der Waals surface area contributed by atoms with Crippen LogP contribution in [0, 0.1) is 6.57 Å². The average Bonchev–Trinajstić information content (AvgIpc) is 2.38. The average molecular weight is 136 g/mol.